The van der Waals surface area contributed by atoms with Crippen molar-refractivity contribution in [2.75, 3.05) is 5.73 Å². The number of benzene rings is 3. The van der Waals surface area contributed by atoms with E-state index < -0.39 is 0 Å². The van der Waals surface area contributed by atoms with Crippen molar-refractivity contribution in [2.45, 2.75) is 13.8 Å². The third-order valence-electron chi connectivity index (χ3n) is 3.42. The summed E-state index contributed by atoms with van der Waals surface area (Å²) in [6.45, 7) is 4.27. The Labute approximate surface area is 113 Å². The maximum absolute atomic E-state index is 5.81. The summed E-state index contributed by atoms with van der Waals surface area (Å²) in [7, 11) is 0. The highest BCUT2D eigenvalue weighted by Crippen LogP contribution is 2.27. The van der Waals surface area contributed by atoms with Crippen molar-refractivity contribution in [3.8, 4) is 11.1 Å². The molecule has 1 heteroatoms. The van der Waals surface area contributed by atoms with Gasteiger partial charge in [-0.2, -0.15) is 0 Å². The van der Waals surface area contributed by atoms with Gasteiger partial charge in [0, 0.05) is 5.69 Å². The summed E-state index contributed by atoms with van der Waals surface area (Å²) < 4.78 is 0. The topological polar surface area (TPSA) is 26.0 Å². The first-order valence-electron chi connectivity index (χ1n) is 6.50. The van der Waals surface area contributed by atoms with Crippen LogP contribution >= 0.6 is 0 Å². The largest absolute Gasteiger partial charge is 0.399 e. The van der Waals surface area contributed by atoms with Gasteiger partial charge < -0.3 is 5.73 Å². The van der Waals surface area contributed by atoms with Crippen LogP contribution in [0.4, 0.5) is 5.69 Å². The van der Waals surface area contributed by atoms with Gasteiger partial charge in [0.25, 0.3) is 0 Å². The van der Waals surface area contributed by atoms with Crippen molar-refractivity contribution >= 4 is 16.5 Å². The summed E-state index contributed by atoms with van der Waals surface area (Å²) in [4.78, 5) is 0. The van der Waals surface area contributed by atoms with E-state index in [4.69, 9.17) is 5.73 Å². The predicted octanol–water partition coefficient (Wildman–Crippen LogP) is 4.71. The molecule has 1 nitrogen and oxygen atoms in total. The lowest BCUT2D eigenvalue weighted by Crippen LogP contribution is -1.85. The highest BCUT2D eigenvalue weighted by atomic mass is 14.5. The molecule has 0 aliphatic rings. The number of rotatable bonds is 1. The summed E-state index contributed by atoms with van der Waals surface area (Å²) in [5.41, 5.74) is 11.7. The molecule has 0 aliphatic heterocycles. The van der Waals surface area contributed by atoms with Crippen molar-refractivity contribution in [3.05, 3.63) is 65.7 Å². The molecule has 19 heavy (non-hydrogen) atoms. The molecule has 0 atom stereocenters. The molecule has 3 aromatic carbocycles. The molecule has 0 aromatic heterocycles. The van der Waals surface area contributed by atoms with Crippen molar-refractivity contribution in [1.29, 1.82) is 0 Å². The van der Waals surface area contributed by atoms with Crippen LogP contribution in [0.5, 0.6) is 0 Å². The van der Waals surface area contributed by atoms with Crippen LogP contribution in [-0.4, -0.2) is 0 Å². The molecule has 0 bridgehead atoms. The van der Waals surface area contributed by atoms with E-state index in [-0.39, 0.29) is 0 Å². The van der Waals surface area contributed by atoms with Crippen LogP contribution in [0, 0.1) is 13.8 Å². The van der Waals surface area contributed by atoms with Crippen LogP contribution in [0.2, 0.25) is 0 Å². The molecule has 0 fully saturated rings. The Morgan fingerprint density at radius 1 is 0.632 bits per heavy atom. The lowest BCUT2D eigenvalue weighted by molar-refractivity contribution is 1.38. The molecule has 0 heterocycles. The first-order valence-corrected chi connectivity index (χ1v) is 6.50. The van der Waals surface area contributed by atoms with Crippen LogP contribution < -0.4 is 5.73 Å². The Hall–Kier alpha value is -2.28. The van der Waals surface area contributed by atoms with Gasteiger partial charge in [0.05, 0.1) is 0 Å². The minimum absolute atomic E-state index is 0.812. The SMILES string of the molecule is Cc1cc(C)cc(-c2ccc3cc(N)ccc3c2)c1. The normalized spacial score (nSPS) is 10.8. The molecule has 0 aliphatic carbocycles. The molecule has 3 rings (SSSR count). The van der Waals surface area contributed by atoms with Crippen LogP contribution in [0.1, 0.15) is 11.1 Å². The monoisotopic (exact) mass is 247 g/mol. The average Bonchev–Trinajstić information content (AvgIpc) is 2.37. The van der Waals surface area contributed by atoms with Crippen LogP contribution in [0.15, 0.2) is 54.6 Å². The van der Waals surface area contributed by atoms with E-state index in [1.54, 1.807) is 0 Å². The fraction of sp³-hybridized carbons (Fsp3) is 0.111. The Bertz CT molecular complexity index is 736. The predicted molar refractivity (Wildman–Crippen MR) is 83.3 cm³/mol. The molecular weight excluding hydrogens is 230 g/mol. The lowest BCUT2D eigenvalue weighted by Gasteiger charge is -2.07. The Kier molecular flexibility index (Phi) is 2.75. The maximum Gasteiger partial charge on any atom is 0.0320 e. The Balaban J connectivity index is 2.17. The van der Waals surface area contributed by atoms with E-state index in [2.05, 4.69) is 56.3 Å². The zero-order valence-electron chi connectivity index (χ0n) is 11.3. The second kappa shape index (κ2) is 4.43. The van der Waals surface area contributed by atoms with E-state index >= 15 is 0 Å². The summed E-state index contributed by atoms with van der Waals surface area (Å²) in [6, 6.07) is 19.2. The van der Waals surface area contributed by atoms with Gasteiger partial charge in [-0.25, -0.2) is 0 Å². The number of hydrogen-bond donors (Lipinski definition) is 1. The van der Waals surface area contributed by atoms with Gasteiger partial charge in [-0.1, -0.05) is 47.5 Å². The molecule has 0 unspecified atom stereocenters. The van der Waals surface area contributed by atoms with Gasteiger partial charge in [0.2, 0.25) is 0 Å². The van der Waals surface area contributed by atoms with Gasteiger partial charge in [-0.3, -0.25) is 0 Å². The molecule has 3 aromatic rings. The smallest absolute Gasteiger partial charge is 0.0320 e. The number of nitrogen functional groups attached to an aromatic ring is 1. The highest BCUT2D eigenvalue weighted by Gasteiger charge is 2.02. The maximum atomic E-state index is 5.81. The number of anilines is 1. The van der Waals surface area contributed by atoms with Crippen molar-refractivity contribution in [3.63, 3.8) is 0 Å². The fourth-order valence-corrected chi connectivity index (χ4v) is 2.59. The second-order valence-corrected chi connectivity index (χ2v) is 5.20. The molecule has 94 valence electrons. The minimum atomic E-state index is 0.812. The quantitative estimate of drug-likeness (QED) is 0.619. The fourth-order valence-electron chi connectivity index (χ4n) is 2.59. The summed E-state index contributed by atoms with van der Waals surface area (Å²) in [5.74, 6) is 0. The van der Waals surface area contributed by atoms with E-state index in [9.17, 15) is 0 Å². The average molecular weight is 247 g/mol. The van der Waals surface area contributed by atoms with E-state index in [0.717, 1.165) is 5.69 Å². The van der Waals surface area contributed by atoms with Gasteiger partial charge in [-0.15, -0.1) is 0 Å². The highest BCUT2D eigenvalue weighted by molar-refractivity contribution is 5.89. The van der Waals surface area contributed by atoms with Gasteiger partial charge in [0.15, 0.2) is 0 Å². The molecule has 0 saturated heterocycles. The standard InChI is InChI=1S/C18H17N/c1-12-7-13(2)9-17(8-12)15-3-4-16-11-18(19)6-5-14(16)10-15/h3-11H,19H2,1-2H3. The third-order valence-corrected chi connectivity index (χ3v) is 3.42. The molecule has 0 spiro atoms. The van der Waals surface area contributed by atoms with E-state index in [0.29, 0.717) is 0 Å². The van der Waals surface area contributed by atoms with E-state index in [1.165, 1.54) is 33.0 Å². The minimum Gasteiger partial charge on any atom is -0.399 e. The van der Waals surface area contributed by atoms with Gasteiger partial charge >= 0.3 is 0 Å². The zero-order valence-corrected chi connectivity index (χ0v) is 11.3. The third kappa shape index (κ3) is 2.32. The van der Waals surface area contributed by atoms with Crippen LogP contribution in [0.3, 0.4) is 0 Å². The zero-order chi connectivity index (χ0) is 13.4. The van der Waals surface area contributed by atoms with Gasteiger partial charge in [-0.05, 0) is 53.9 Å². The first kappa shape index (κ1) is 11.8. The Morgan fingerprint density at radius 2 is 1.26 bits per heavy atom. The first-order chi connectivity index (χ1) is 9.11. The van der Waals surface area contributed by atoms with Crippen molar-refractivity contribution in [1.82, 2.24) is 0 Å². The van der Waals surface area contributed by atoms with Gasteiger partial charge in [0.1, 0.15) is 0 Å². The van der Waals surface area contributed by atoms with Crippen LogP contribution in [-0.2, 0) is 0 Å². The molecule has 0 saturated carbocycles. The number of fused-ring (bicyclic) bond motifs is 1. The summed E-state index contributed by atoms with van der Waals surface area (Å²) >= 11 is 0. The number of nitrogens with two attached hydrogens (primary N) is 1. The molecule has 0 amide bonds. The summed E-state index contributed by atoms with van der Waals surface area (Å²) in [5, 5.41) is 2.42. The molecule has 0 radical (unpaired) electrons. The lowest BCUT2D eigenvalue weighted by atomic mass is 9.98. The summed E-state index contributed by atoms with van der Waals surface area (Å²) in [6.07, 6.45) is 0. The van der Waals surface area contributed by atoms with Crippen molar-refractivity contribution in [2.24, 2.45) is 0 Å². The Morgan fingerprint density at radius 3 is 2.00 bits per heavy atom. The van der Waals surface area contributed by atoms with E-state index in [1.807, 2.05) is 12.1 Å². The molecular formula is C18H17N. The number of hydrogen-bond acceptors (Lipinski definition) is 1. The van der Waals surface area contributed by atoms with Crippen molar-refractivity contribution < 1.29 is 0 Å². The van der Waals surface area contributed by atoms with Crippen LogP contribution in [0.25, 0.3) is 21.9 Å². The second-order valence-electron chi connectivity index (χ2n) is 5.20. The number of aryl methyl sites for hydroxylation is 2. The molecule has 2 N–H and O–H groups in total.